The Morgan fingerprint density at radius 3 is 1.05 bits per heavy atom. The van der Waals surface area contributed by atoms with E-state index >= 15 is 0 Å². The zero-order valence-corrected chi connectivity index (χ0v) is 25.5. The van der Waals surface area contributed by atoms with E-state index in [1.54, 1.807) is 6.08 Å². The monoisotopic (exact) mass is 597 g/mol. The van der Waals surface area contributed by atoms with Crippen molar-refractivity contribution < 1.29 is 56.9 Å². The number of nitrogens with one attached hydrogen (secondary N) is 1. The number of hydrogen-bond donors (Lipinski definition) is 1. The topological polar surface area (TPSA) is 131 Å². The summed E-state index contributed by atoms with van der Waals surface area (Å²) in [5.74, 6) is 0. The lowest BCUT2D eigenvalue weighted by Crippen LogP contribution is -2.34. The third kappa shape index (κ3) is 36.6. The fourth-order valence-electron chi connectivity index (χ4n) is 2.69. The van der Waals surface area contributed by atoms with Crippen molar-refractivity contribution >= 4 is 6.09 Å². The lowest BCUT2D eigenvalue weighted by Gasteiger charge is -2.19. The number of amides is 1. The van der Waals surface area contributed by atoms with Gasteiger partial charge in [-0.25, -0.2) is 4.79 Å². The van der Waals surface area contributed by atoms with Crippen LogP contribution < -0.4 is 5.32 Å². The Bertz CT molecular complexity index is 563. The Morgan fingerprint density at radius 1 is 0.512 bits per heavy atom. The van der Waals surface area contributed by atoms with Crippen LogP contribution in [0, 0.1) is 0 Å². The minimum absolute atomic E-state index is 0.385. The number of rotatable bonds is 32. The van der Waals surface area contributed by atoms with Crippen LogP contribution in [0.5, 0.6) is 0 Å². The van der Waals surface area contributed by atoms with Crippen LogP contribution in [0.1, 0.15) is 20.8 Å². The predicted octanol–water partition coefficient (Wildman–Crippen LogP) is 1.86. The first-order chi connectivity index (χ1) is 20.0. The molecular weight excluding hydrogens is 542 g/mol. The molecule has 13 nitrogen and oxygen atoms in total. The molecule has 0 aliphatic heterocycles. The predicted molar refractivity (Wildman–Crippen MR) is 153 cm³/mol. The van der Waals surface area contributed by atoms with Crippen molar-refractivity contribution in [3.8, 4) is 0 Å². The molecule has 0 heterocycles. The van der Waals surface area contributed by atoms with Gasteiger partial charge >= 0.3 is 6.09 Å². The largest absolute Gasteiger partial charge is 0.444 e. The molecular formula is C28H55NO12. The second-order valence-electron chi connectivity index (χ2n) is 9.30. The van der Waals surface area contributed by atoms with E-state index in [1.165, 1.54) is 0 Å². The molecule has 0 unspecified atom stereocenters. The third-order valence-corrected chi connectivity index (χ3v) is 4.50. The van der Waals surface area contributed by atoms with Gasteiger partial charge in [0.05, 0.1) is 132 Å². The van der Waals surface area contributed by atoms with Gasteiger partial charge in [-0.1, -0.05) is 6.08 Å². The highest BCUT2D eigenvalue weighted by molar-refractivity contribution is 5.67. The molecule has 0 atom stereocenters. The summed E-state index contributed by atoms with van der Waals surface area (Å²) in [7, 11) is 0. The van der Waals surface area contributed by atoms with Crippen molar-refractivity contribution in [3.63, 3.8) is 0 Å². The van der Waals surface area contributed by atoms with Crippen molar-refractivity contribution in [2.75, 3.05) is 139 Å². The van der Waals surface area contributed by atoms with E-state index in [4.69, 9.17) is 52.1 Å². The number of ether oxygens (including phenoxy) is 11. The van der Waals surface area contributed by atoms with Crippen LogP contribution in [0.3, 0.4) is 0 Å². The number of hydrogen-bond acceptors (Lipinski definition) is 12. The molecule has 0 aromatic heterocycles. The zero-order valence-electron chi connectivity index (χ0n) is 25.5. The van der Waals surface area contributed by atoms with Gasteiger partial charge in [-0.05, 0) is 20.8 Å². The summed E-state index contributed by atoms with van der Waals surface area (Å²) >= 11 is 0. The second-order valence-corrected chi connectivity index (χ2v) is 9.30. The summed E-state index contributed by atoms with van der Waals surface area (Å²) < 4.78 is 59.2. The highest BCUT2D eigenvalue weighted by atomic mass is 16.6. The van der Waals surface area contributed by atoms with Gasteiger partial charge in [0.1, 0.15) is 5.60 Å². The first-order valence-electron chi connectivity index (χ1n) is 14.3. The third-order valence-electron chi connectivity index (χ3n) is 4.50. The van der Waals surface area contributed by atoms with Gasteiger partial charge in [-0.3, -0.25) is 0 Å². The van der Waals surface area contributed by atoms with Crippen molar-refractivity contribution in [1.29, 1.82) is 0 Å². The maximum absolute atomic E-state index is 11.5. The Balaban J connectivity index is 3.09. The Hall–Kier alpha value is -1.39. The average Bonchev–Trinajstić information content (AvgIpc) is 2.92. The molecule has 0 spiro atoms. The maximum Gasteiger partial charge on any atom is 0.407 e. The molecule has 0 radical (unpaired) electrons. The molecule has 13 heteroatoms. The summed E-state index contributed by atoms with van der Waals surface area (Å²) in [6, 6.07) is 0. The molecule has 0 saturated heterocycles. The average molecular weight is 598 g/mol. The molecule has 41 heavy (non-hydrogen) atoms. The van der Waals surface area contributed by atoms with Crippen molar-refractivity contribution in [2.24, 2.45) is 0 Å². The molecule has 0 aromatic carbocycles. The molecule has 0 fully saturated rings. The van der Waals surface area contributed by atoms with Gasteiger partial charge < -0.3 is 57.4 Å². The van der Waals surface area contributed by atoms with Crippen molar-refractivity contribution in [3.05, 3.63) is 12.7 Å². The van der Waals surface area contributed by atoms with Crippen molar-refractivity contribution in [2.45, 2.75) is 26.4 Å². The van der Waals surface area contributed by atoms with Crippen LogP contribution in [0.25, 0.3) is 0 Å². The smallest absolute Gasteiger partial charge is 0.407 e. The molecule has 244 valence electrons. The molecule has 1 amide bonds. The number of alkyl carbamates (subject to hydrolysis) is 1. The van der Waals surface area contributed by atoms with E-state index < -0.39 is 11.7 Å². The second kappa shape index (κ2) is 31.5. The first kappa shape index (κ1) is 39.6. The summed E-state index contributed by atoms with van der Waals surface area (Å²) in [5.41, 5.74) is -0.509. The molecule has 0 rings (SSSR count). The number of carbonyl (C=O) groups is 1. The summed E-state index contributed by atoms with van der Waals surface area (Å²) in [4.78, 5) is 11.5. The molecule has 0 aromatic rings. The minimum Gasteiger partial charge on any atom is -0.444 e. The summed E-state index contributed by atoms with van der Waals surface area (Å²) in [6.07, 6.45) is 1.26. The Morgan fingerprint density at radius 2 is 0.780 bits per heavy atom. The number of carbonyl (C=O) groups excluding carboxylic acids is 1. The lowest BCUT2D eigenvalue weighted by molar-refractivity contribution is -0.0261. The minimum atomic E-state index is -0.509. The molecule has 0 aliphatic carbocycles. The summed E-state index contributed by atoms with van der Waals surface area (Å²) in [6.45, 7) is 19.4. The van der Waals surface area contributed by atoms with Gasteiger partial charge in [0.15, 0.2) is 0 Å². The highest BCUT2D eigenvalue weighted by Gasteiger charge is 2.15. The fraction of sp³-hybridized carbons (Fsp3) is 0.893. The molecule has 0 bridgehead atoms. The molecule has 0 saturated carbocycles. The van der Waals surface area contributed by atoms with Gasteiger partial charge in [0, 0.05) is 6.54 Å². The van der Waals surface area contributed by atoms with E-state index in [2.05, 4.69) is 11.9 Å². The van der Waals surface area contributed by atoms with Gasteiger partial charge in [-0.2, -0.15) is 0 Å². The van der Waals surface area contributed by atoms with E-state index in [-0.39, 0.29) is 0 Å². The zero-order chi connectivity index (χ0) is 30.1. The molecule has 0 aliphatic rings. The first-order valence-corrected chi connectivity index (χ1v) is 14.3. The quantitative estimate of drug-likeness (QED) is 0.0897. The van der Waals surface area contributed by atoms with Crippen LogP contribution in [0.2, 0.25) is 0 Å². The SMILES string of the molecule is C=CCOCCOCCOCCOCCOCCOCCOCCOCCOCCOCCNC(=O)OC(C)(C)C. The highest BCUT2D eigenvalue weighted by Crippen LogP contribution is 2.06. The fourth-order valence-corrected chi connectivity index (χ4v) is 2.69. The van der Waals surface area contributed by atoms with Crippen LogP contribution in [-0.4, -0.2) is 150 Å². The van der Waals surface area contributed by atoms with Crippen LogP contribution in [0.4, 0.5) is 4.79 Å². The summed E-state index contributed by atoms with van der Waals surface area (Å²) in [5, 5.41) is 2.63. The van der Waals surface area contributed by atoms with E-state index in [0.29, 0.717) is 139 Å². The lowest BCUT2D eigenvalue weighted by atomic mass is 10.2. The van der Waals surface area contributed by atoms with Crippen LogP contribution in [0.15, 0.2) is 12.7 Å². The van der Waals surface area contributed by atoms with Crippen LogP contribution in [-0.2, 0) is 52.1 Å². The Labute approximate surface area is 246 Å². The van der Waals surface area contributed by atoms with Gasteiger partial charge in [-0.15, -0.1) is 6.58 Å². The van der Waals surface area contributed by atoms with E-state index in [0.717, 1.165) is 0 Å². The van der Waals surface area contributed by atoms with E-state index in [9.17, 15) is 4.79 Å². The normalized spacial score (nSPS) is 11.6. The van der Waals surface area contributed by atoms with E-state index in [1.807, 2.05) is 20.8 Å². The van der Waals surface area contributed by atoms with Crippen LogP contribution >= 0.6 is 0 Å². The van der Waals surface area contributed by atoms with Crippen molar-refractivity contribution in [1.82, 2.24) is 5.32 Å². The van der Waals surface area contributed by atoms with Gasteiger partial charge in [0.2, 0.25) is 0 Å². The maximum atomic E-state index is 11.5. The van der Waals surface area contributed by atoms with Gasteiger partial charge in [0.25, 0.3) is 0 Å². The standard InChI is InChI=1S/C28H55NO12/c1-5-7-31-9-11-33-13-15-35-17-19-37-21-23-39-25-26-40-24-22-38-20-18-36-16-14-34-12-10-32-8-6-29-27(30)41-28(2,3)4/h5H,1,6-26H2,2-4H3,(H,29,30). The molecule has 1 N–H and O–H groups in total. The Kier molecular flexibility index (Phi) is 30.5.